The fraction of sp³-hybridized carbons (Fsp3) is 0.118. The van der Waals surface area contributed by atoms with Crippen LogP contribution >= 0.6 is 34.5 Å². The number of benzene rings is 1. The maximum absolute atomic E-state index is 12.8. The average Bonchev–Trinajstić information content (AvgIpc) is 3.11. The molecule has 1 N–H and O–H groups in total. The van der Waals surface area contributed by atoms with E-state index in [4.69, 9.17) is 23.2 Å². The van der Waals surface area contributed by atoms with Gasteiger partial charge in [0, 0.05) is 33.1 Å². The zero-order chi connectivity index (χ0) is 17.7. The van der Waals surface area contributed by atoms with E-state index in [1.165, 1.54) is 11.3 Å². The summed E-state index contributed by atoms with van der Waals surface area (Å²) in [4.78, 5) is 26.0. The fourth-order valence-electron chi connectivity index (χ4n) is 2.84. The summed E-state index contributed by atoms with van der Waals surface area (Å²) in [6, 6.07) is 5.26. The van der Waals surface area contributed by atoms with E-state index in [1.807, 2.05) is 24.6 Å². The van der Waals surface area contributed by atoms with Crippen molar-refractivity contribution >= 4 is 44.8 Å². The second-order valence-corrected chi connectivity index (χ2v) is 7.69. The lowest BCUT2D eigenvalue weighted by atomic mass is 10.0. The number of nitrogens with one attached hydrogen (secondary N) is 1. The highest BCUT2D eigenvalue weighted by Crippen LogP contribution is 2.40. The van der Waals surface area contributed by atoms with Crippen LogP contribution in [0.1, 0.15) is 4.88 Å². The molecule has 25 heavy (non-hydrogen) atoms. The predicted octanol–water partition coefficient (Wildman–Crippen LogP) is 4.67. The zero-order valence-electron chi connectivity index (χ0n) is 13.3. The van der Waals surface area contributed by atoms with Crippen LogP contribution in [0.4, 0.5) is 0 Å². The number of halogens is 2. The van der Waals surface area contributed by atoms with Gasteiger partial charge >= 0.3 is 0 Å². The first-order valence-corrected chi connectivity index (χ1v) is 8.98. The van der Waals surface area contributed by atoms with Gasteiger partial charge in [-0.05, 0) is 19.1 Å². The summed E-state index contributed by atoms with van der Waals surface area (Å²) in [7, 11) is 1.85. The summed E-state index contributed by atoms with van der Waals surface area (Å²) in [5, 5.41) is 1.60. The topological polar surface area (TPSA) is 63.6 Å². The van der Waals surface area contributed by atoms with Crippen LogP contribution in [-0.2, 0) is 7.05 Å². The maximum atomic E-state index is 12.8. The minimum Gasteiger partial charge on any atom is -0.331 e. The quantitative estimate of drug-likeness (QED) is 0.540. The molecule has 5 nitrogen and oxygen atoms in total. The molecule has 3 heterocycles. The molecule has 0 bridgehead atoms. The van der Waals surface area contributed by atoms with Crippen LogP contribution in [-0.4, -0.2) is 19.5 Å². The number of aromatic nitrogens is 4. The third-order valence-corrected chi connectivity index (χ3v) is 5.54. The smallest absolute Gasteiger partial charge is 0.260 e. The number of thiophene rings is 1. The Morgan fingerprint density at radius 3 is 2.76 bits per heavy atom. The summed E-state index contributed by atoms with van der Waals surface area (Å²) in [5.41, 5.74) is 2.12. The highest BCUT2D eigenvalue weighted by molar-refractivity contribution is 7.19. The molecule has 0 unspecified atom stereocenters. The molecular weight excluding hydrogens is 379 g/mol. The molecule has 8 heteroatoms. The molecule has 0 amide bonds. The van der Waals surface area contributed by atoms with Crippen molar-refractivity contribution < 1.29 is 0 Å². The van der Waals surface area contributed by atoms with Gasteiger partial charge in [-0.1, -0.05) is 29.3 Å². The number of fused-ring (bicyclic) bond motifs is 1. The predicted molar refractivity (Wildman–Crippen MR) is 103 cm³/mol. The summed E-state index contributed by atoms with van der Waals surface area (Å²) in [5.74, 6) is 0.493. The van der Waals surface area contributed by atoms with Crippen LogP contribution in [0.3, 0.4) is 0 Å². The van der Waals surface area contributed by atoms with E-state index in [-0.39, 0.29) is 5.56 Å². The molecule has 0 aliphatic heterocycles. The Bertz CT molecular complexity index is 1180. The Labute approximate surface area is 156 Å². The Morgan fingerprint density at radius 1 is 1.28 bits per heavy atom. The van der Waals surface area contributed by atoms with Gasteiger partial charge in [-0.15, -0.1) is 11.3 Å². The summed E-state index contributed by atoms with van der Waals surface area (Å²) in [6.45, 7) is 1.95. The van der Waals surface area contributed by atoms with Gasteiger partial charge < -0.3 is 9.55 Å². The number of nitrogens with zero attached hydrogens (tertiary/aromatic N) is 3. The normalized spacial score (nSPS) is 11.4. The Hall–Kier alpha value is -2.15. The molecule has 0 atom stereocenters. The Kier molecular flexibility index (Phi) is 3.91. The lowest BCUT2D eigenvalue weighted by Crippen LogP contribution is -2.10. The van der Waals surface area contributed by atoms with Gasteiger partial charge in [0.25, 0.3) is 5.56 Å². The van der Waals surface area contributed by atoms with Crippen LogP contribution < -0.4 is 5.56 Å². The Balaban J connectivity index is 2.01. The van der Waals surface area contributed by atoms with Gasteiger partial charge in [-0.2, -0.15) is 0 Å². The molecule has 0 fully saturated rings. The molecule has 0 aliphatic carbocycles. The number of aromatic amines is 1. The van der Waals surface area contributed by atoms with Crippen LogP contribution in [0.5, 0.6) is 0 Å². The average molecular weight is 391 g/mol. The lowest BCUT2D eigenvalue weighted by Gasteiger charge is -2.06. The molecule has 0 saturated carbocycles. The van der Waals surface area contributed by atoms with Crippen LogP contribution in [0, 0.1) is 6.92 Å². The molecular formula is C17H12Cl2N4OS. The van der Waals surface area contributed by atoms with Crippen molar-refractivity contribution in [2.24, 2.45) is 7.05 Å². The first-order valence-electron chi connectivity index (χ1n) is 7.41. The molecule has 0 aliphatic rings. The Morgan fingerprint density at radius 2 is 2.08 bits per heavy atom. The van der Waals surface area contributed by atoms with E-state index in [9.17, 15) is 4.79 Å². The van der Waals surface area contributed by atoms with E-state index < -0.39 is 0 Å². The van der Waals surface area contributed by atoms with Crippen molar-refractivity contribution in [3.8, 4) is 22.6 Å². The second kappa shape index (κ2) is 5.98. The van der Waals surface area contributed by atoms with E-state index >= 15 is 0 Å². The third kappa shape index (κ3) is 2.66. The number of hydrogen-bond acceptors (Lipinski definition) is 4. The van der Waals surface area contributed by atoms with Crippen LogP contribution in [0.25, 0.3) is 32.9 Å². The lowest BCUT2D eigenvalue weighted by molar-refractivity contribution is 0.909. The first-order chi connectivity index (χ1) is 12.0. The largest absolute Gasteiger partial charge is 0.331 e. The number of rotatable bonds is 2. The number of H-pyrrole nitrogens is 1. The van der Waals surface area contributed by atoms with Gasteiger partial charge in [0.15, 0.2) is 5.82 Å². The van der Waals surface area contributed by atoms with Crippen molar-refractivity contribution in [3.05, 3.63) is 56.0 Å². The fourth-order valence-corrected chi connectivity index (χ4v) is 4.38. The summed E-state index contributed by atoms with van der Waals surface area (Å²) in [6.07, 6.45) is 3.33. The summed E-state index contributed by atoms with van der Waals surface area (Å²) >= 11 is 13.8. The van der Waals surface area contributed by atoms with Crippen molar-refractivity contribution in [3.63, 3.8) is 0 Å². The number of hydrogen-bond donors (Lipinski definition) is 1. The minimum atomic E-state index is -0.202. The highest BCUT2D eigenvalue weighted by atomic mass is 35.5. The van der Waals surface area contributed by atoms with Gasteiger partial charge in [-0.3, -0.25) is 4.79 Å². The van der Waals surface area contributed by atoms with Crippen LogP contribution in [0.15, 0.2) is 35.5 Å². The van der Waals surface area contributed by atoms with E-state index in [2.05, 4.69) is 15.0 Å². The highest BCUT2D eigenvalue weighted by Gasteiger charge is 2.19. The molecule has 3 aromatic heterocycles. The van der Waals surface area contributed by atoms with E-state index in [1.54, 1.807) is 24.7 Å². The van der Waals surface area contributed by atoms with Gasteiger partial charge in [0.1, 0.15) is 10.5 Å². The van der Waals surface area contributed by atoms with Crippen LogP contribution in [0.2, 0.25) is 10.0 Å². The standard InChI is InChI=1S/C17H12Cl2N4OS/c1-8-13(10-4-3-9(18)5-11(10)19)14-16(24)21-15(22-17(14)25-8)12-6-20-7-23(12)2/h3-7H,1-2H3,(H,21,22,24). The third-order valence-electron chi connectivity index (χ3n) is 4.00. The monoisotopic (exact) mass is 390 g/mol. The number of aryl methyl sites for hydroxylation is 2. The van der Waals surface area contributed by atoms with Crippen molar-refractivity contribution in [2.75, 3.05) is 0 Å². The van der Waals surface area contributed by atoms with Gasteiger partial charge in [0.2, 0.25) is 0 Å². The van der Waals surface area contributed by atoms with Crippen molar-refractivity contribution in [1.29, 1.82) is 0 Å². The zero-order valence-corrected chi connectivity index (χ0v) is 15.6. The van der Waals surface area contributed by atoms with Crippen molar-refractivity contribution in [2.45, 2.75) is 6.92 Å². The van der Waals surface area contributed by atoms with Gasteiger partial charge in [-0.25, -0.2) is 9.97 Å². The molecule has 4 aromatic rings. The molecule has 0 saturated heterocycles. The molecule has 1 aromatic carbocycles. The molecule has 0 radical (unpaired) electrons. The van der Waals surface area contributed by atoms with E-state index in [0.717, 1.165) is 21.7 Å². The van der Waals surface area contributed by atoms with Crippen molar-refractivity contribution in [1.82, 2.24) is 19.5 Å². The number of imidazole rings is 1. The minimum absolute atomic E-state index is 0.202. The summed E-state index contributed by atoms with van der Waals surface area (Å²) < 4.78 is 1.81. The molecule has 126 valence electrons. The second-order valence-electron chi connectivity index (χ2n) is 5.64. The van der Waals surface area contributed by atoms with Gasteiger partial charge in [0.05, 0.1) is 17.9 Å². The maximum Gasteiger partial charge on any atom is 0.260 e. The molecule has 0 spiro atoms. The molecule has 4 rings (SSSR count). The first kappa shape index (κ1) is 16.3. The van der Waals surface area contributed by atoms with E-state index in [0.29, 0.717) is 26.1 Å². The SMILES string of the molecule is Cc1sc2nc(-c3cncn3C)[nH]c(=O)c2c1-c1ccc(Cl)cc1Cl.